The first-order valence-corrected chi connectivity index (χ1v) is 6.54. The molecule has 0 N–H and O–H groups in total. The first kappa shape index (κ1) is 12.0. The first-order valence-electron chi connectivity index (χ1n) is 5.02. The monoisotopic (exact) mass is 304 g/mol. The van der Waals surface area contributed by atoms with Crippen LogP contribution in [0, 0.1) is 6.92 Å². The van der Waals surface area contributed by atoms with Gasteiger partial charge in [-0.3, -0.25) is 0 Å². The summed E-state index contributed by atoms with van der Waals surface area (Å²) >= 11 is 2.38. The molecule has 1 rings (SSSR count). The Morgan fingerprint density at radius 2 is 1.93 bits per heavy atom. The van der Waals surface area contributed by atoms with Gasteiger partial charge in [0.25, 0.3) is 0 Å². The summed E-state index contributed by atoms with van der Waals surface area (Å²) in [6, 6.07) is 8.61. The number of halogens is 1. The van der Waals surface area contributed by atoms with Gasteiger partial charge in [0.1, 0.15) is 0 Å². The zero-order chi connectivity index (χ0) is 10.4. The number of benzene rings is 1. The summed E-state index contributed by atoms with van der Waals surface area (Å²) in [6.45, 7) is 5.09. The average Bonchev–Trinajstić information content (AvgIpc) is 2.21. The van der Waals surface area contributed by atoms with Crippen molar-refractivity contribution in [2.75, 3.05) is 11.0 Å². The van der Waals surface area contributed by atoms with Crippen molar-refractivity contribution in [3.05, 3.63) is 35.4 Å². The Labute approximate surface area is 100.0 Å². The summed E-state index contributed by atoms with van der Waals surface area (Å²) in [5.74, 6) is 0. The normalized spacial score (nSPS) is 12.8. The zero-order valence-corrected chi connectivity index (χ0v) is 11.0. The number of hydrogen-bond acceptors (Lipinski definition) is 1. The van der Waals surface area contributed by atoms with Gasteiger partial charge in [0.05, 0.1) is 6.10 Å². The van der Waals surface area contributed by atoms with Crippen LogP contribution < -0.4 is 0 Å². The maximum Gasteiger partial charge on any atom is 0.0914 e. The van der Waals surface area contributed by atoms with Crippen LogP contribution in [-0.4, -0.2) is 11.0 Å². The lowest BCUT2D eigenvalue weighted by Gasteiger charge is -2.15. The lowest BCUT2D eigenvalue weighted by atomic mass is 10.1. The number of alkyl halides is 1. The largest absolute Gasteiger partial charge is 0.373 e. The van der Waals surface area contributed by atoms with E-state index in [0.717, 1.165) is 17.5 Å². The molecule has 0 aromatic heterocycles. The van der Waals surface area contributed by atoms with Crippen LogP contribution in [0.15, 0.2) is 24.3 Å². The van der Waals surface area contributed by atoms with Gasteiger partial charge in [-0.1, -0.05) is 59.3 Å². The van der Waals surface area contributed by atoms with Gasteiger partial charge in [-0.05, 0) is 18.9 Å². The predicted octanol–water partition coefficient (Wildman–Crippen LogP) is 3.90. The molecule has 78 valence electrons. The van der Waals surface area contributed by atoms with Crippen LogP contribution in [0.5, 0.6) is 0 Å². The van der Waals surface area contributed by atoms with Crippen LogP contribution in [0.1, 0.15) is 30.6 Å². The van der Waals surface area contributed by atoms with E-state index < -0.39 is 0 Å². The van der Waals surface area contributed by atoms with Crippen LogP contribution in [0.3, 0.4) is 0 Å². The first-order chi connectivity index (χ1) is 6.77. The smallest absolute Gasteiger partial charge is 0.0914 e. The molecule has 0 heterocycles. The topological polar surface area (TPSA) is 9.23 Å². The Bertz CT molecular complexity index is 256. The van der Waals surface area contributed by atoms with Crippen LogP contribution >= 0.6 is 22.6 Å². The Balaban J connectivity index is 2.64. The van der Waals surface area contributed by atoms with Crippen molar-refractivity contribution < 1.29 is 4.74 Å². The standard InChI is InChI=1S/C12H17IO/c1-3-8-14-12(9-13)11-6-4-10(2)5-7-11/h4-7,12H,3,8-9H2,1-2H3. The van der Waals surface area contributed by atoms with Gasteiger partial charge in [-0.2, -0.15) is 0 Å². The summed E-state index contributed by atoms with van der Waals surface area (Å²) in [5.41, 5.74) is 2.59. The summed E-state index contributed by atoms with van der Waals surface area (Å²) in [5, 5.41) is 0. The van der Waals surface area contributed by atoms with Crippen molar-refractivity contribution in [3.8, 4) is 0 Å². The fourth-order valence-electron chi connectivity index (χ4n) is 1.27. The molecule has 1 unspecified atom stereocenters. The van der Waals surface area contributed by atoms with Crippen LogP contribution in [-0.2, 0) is 4.74 Å². The predicted molar refractivity (Wildman–Crippen MR) is 69.1 cm³/mol. The third-order valence-electron chi connectivity index (χ3n) is 2.11. The Morgan fingerprint density at radius 3 is 2.43 bits per heavy atom. The van der Waals surface area contributed by atoms with Gasteiger partial charge < -0.3 is 4.74 Å². The van der Waals surface area contributed by atoms with Crippen LogP contribution in [0.25, 0.3) is 0 Å². The second-order valence-electron chi connectivity index (χ2n) is 3.42. The Morgan fingerprint density at radius 1 is 1.29 bits per heavy atom. The van der Waals surface area contributed by atoms with Gasteiger partial charge in [-0.25, -0.2) is 0 Å². The zero-order valence-electron chi connectivity index (χ0n) is 8.79. The highest BCUT2D eigenvalue weighted by Crippen LogP contribution is 2.20. The minimum Gasteiger partial charge on any atom is -0.373 e. The number of hydrogen-bond donors (Lipinski definition) is 0. The maximum atomic E-state index is 5.76. The minimum absolute atomic E-state index is 0.260. The third-order valence-corrected chi connectivity index (χ3v) is 2.91. The van der Waals surface area contributed by atoms with E-state index in [2.05, 4.69) is 60.7 Å². The molecule has 0 spiro atoms. The lowest BCUT2D eigenvalue weighted by molar-refractivity contribution is 0.0715. The molecule has 0 aliphatic carbocycles. The molecule has 2 heteroatoms. The summed E-state index contributed by atoms with van der Waals surface area (Å²) in [7, 11) is 0. The van der Waals surface area contributed by atoms with Crippen molar-refractivity contribution in [2.45, 2.75) is 26.4 Å². The molecule has 14 heavy (non-hydrogen) atoms. The highest BCUT2D eigenvalue weighted by molar-refractivity contribution is 14.1. The fraction of sp³-hybridized carbons (Fsp3) is 0.500. The lowest BCUT2D eigenvalue weighted by Crippen LogP contribution is -2.06. The van der Waals surface area contributed by atoms with E-state index in [1.54, 1.807) is 0 Å². The number of ether oxygens (including phenoxy) is 1. The molecule has 0 aliphatic heterocycles. The average molecular weight is 304 g/mol. The van der Waals surface area contributed by atoms with E-state index in [-0.39, 0.29) is 6.10 Å². The summed E-state index contributed by atoms with van der Waals surface area (Å²) < 4.78 is 6.77. The van der Waals surface area contributed by atoms with Crippen LogP contribution in [0.2, 0.25) is 0 Å². The minimum atomic E-state index is 0.260. The SMILES string of the molecule is CCCOC(CI)c1ccc(C)cc1. The van der Waals surface area contributed by atoms with Gasteiger partial charge in [0.15, 0.2) is 0 Å². The van der Waals surface area contributed by atoms with E-state index in [0.29, 0.717) is 0 Å². The second kappa shape index (κ2) is 6.40. The highest BCUT2D eigenvalue weighted by atomic mass is 127. The molecule has 0 bridgehead atoms. The van der Waals surface area contributed by atoms with E-state index >= 15 is 0 Å². The van der Waals surface area contributed by atoms with Gasteiger partial charge >= 0.3 is 0 Å². The number of aryl methyl sites for hydroxylation is 1. The van der Waals surface area contributed by atoms with Crippen molar-refractivity contribution in [1.82, 2.24) is 0 Å². The Hall–Kier alpha value is -0.0900. The highest BCUT2D eigenvalue weighted by Gasteiger charge is 2.08. The molecule has 1 atom stereocenters. The maximum absolute atomic E-state index is 5.76. The van der Waals surface area contributed by atoms with Gasteiger partial charge in [0.2, 0.25) is 0 Å². The van der Waals surface area contributed by atoms with Crippen molar-refractivity contribution in [2.24, 2.45) is 0 Å². The van der Waals surface area contributed by atoms with Crippen LogP contribution in [0.4, 0.5) is 0 Å². The molecule has 0 radical (unpaired) electrons. The third kappa shape index (κ3) is 3.58. The molecule has 0 amide bonds. The van der Waals surface area contributed by atoms with E-state index in [1.807, 2.05) is 0 Å². The van der Waals surface area contributed by atoms with E-state index in [1.165, 1.54) is 11.1 Å². The summed E-state index contributed by atoms with van der Waals surface area (Å²) in [4.78, 5) is 0. The molecule has 1 aromatic carbocycles. The summed E-state index contributed by atoms with van der Waals surface area (Å²) in [6.07, 6.45) is 1.34. The van der Waals surface area contributed by atoms with E-state index in [9.17, 15) is 0 Å². The van der Waals surface area contributed by atoms with Gasteiger partial charge in [0, 0.05) is 11.0 Å². The molecular weight excluding hydrogens is 287 g/mol. The quantitative estimate of drug-likeness (QED) is 0.592. The molecular formula is C12H17IO. The fourth-order valence-corrected chi connectivity index (χ4v) is 2.03. The van der Waals surface area contributed by atoms with Crippen molar-refractivity contribution >= 4 is 22.6 Å². The molecule has 0 saturated carbocycles. The molecule has 0 aliphatic rings. The molecule has 1 aromatic rings. The van der Waals surface area contributed by atoms with E-state index in [4.69, 9.17) is 4.74 Å². The molecule has 0 fully saturated rings. The van der Waals surface area contributed by atoms with Crippen molar-refractivity contribution in [1.29, 1.82) is 0 Å². The molecule has 1 nitrogen and oxygen atoms in total. The molecule has 0 saturated heterocycles. The number of rotatable bonds is 5. The van der Waals surface area contributed by atoms with Crippen molar-refractivity contribution in [3.63, 3.8) is 0 Å². The Kier molecular flexibility index (Phi) is 5.48. The second-order valence-corrected chi connectivity index (χ2v) is 4.31. The van der Waals surface area contributed by atoms with Gasteiger partial charge in [-0.15, -0.1) is 0 Å².